The van der Waals surface area contributed by atoms with Crippen molar-refractivity contribution in [1.82, 2.24) is 0 Å². The van der Waals surface area contributed by atoms with Crippen molar-refractivity contribution in [2.45, 2.75) is 45.3 Å². The summed E-state index contributed by atoms with van der Waals surface area (Å²) in [6, 6.07) is 19.7. The van der Waals surface area contributed by atoms with Crippen LogP contribution in [0.1, 0.15) is 38.2 Å². The molecule has 0 radical (unpaired) electrons. The van der Waals surface area contributed by atoms with Crippen molar-refractivity contribution < 1.29 is 9.47 Å². The third kappa shape index (κ3) is 6.04. The first-order valence-electron chi connectivity index (χ1n) is 8.15. The largest absolute Gasteiger partial charge is 0.489 e. The molecular formula is C20H23NO2. The minimum absolute atomic E-state index is 0.377. The molecule has 0 N–H and O–H groups in total. The summed E-state index contributed by atoms with van der Waals surface area (Å²) >= 11 is 0. The lowest BCUT2D eigenvalue weighted by molar-refractivity contribution is 0.239. The van der Waals surface area contributed by atoms with E-state index in [0.29, 0.717) is 12.4 Å². The predicted molar refractivity (Wildman–Crippen MR) is 91.4 cm³/mol. The van der Waals surface area contributed by atoms with Gasteiger partial charge in [-0.05, 0) is 42.7 Å². The summed E-state index contributed by atoms with van der Waals surface area (Å²) in [5.41, 5.74) is 1.13. The molecule has 2 rings (SSSR count). The Labute approximate surface area is 138 Å². The summed E-state index contributed by atoms with van der Waals surface area (Å²) in [6.07, 6.45) is 3.70. The fraction of sp³-hybridized carbons (Fsp3) is 0.350. The molecule has 3 heteroatoms. The van der Waals surface area contributed by atoms with Crippen LogP contribution in [0.15, 0.2) is 54.6 Å². The van der Waals surface area contributed by atoms with E-state index in [4.69, 9.17) is 14.7 Å². The second kappa shape index (κ2) is 9.53. The molecule has 0 fully saturated rings. The van der Waals surface area contributed by atoms with Crippen LogP contribution >= 0.6 is 0 Å². The molecule has 0 aromatic heterocycles. The summed E-state index contributed by atoms with van der Waals surface area (Å²) in [7, 11) is 0. The lowest BCUT2D eigenvalue weighted by Gasteiger charge is -2.13. The predicted octanol–water partition coefficient (Wildman–Crippen LogP) is 5.12. The Balaban J connectivity index is 1.82. The monoisotopic (exact) mass is 309 g/mol. The van der Waals surface area contributed by atoms with Crippen molar-refractivity contribution >= 4 is 0 Å². The third-order valence-electron chi connectivity index (χ3n) is 3.56. The molecular weight excluding hydrogens is 286 g/mol. The van der Waals surface area contributed by atoms with Crippen LogP contribution in [0.5, 0.6) is 11.5 Å². The van der Waals surface area contributed by atoms with Gasteiger partial charge >= 0.3 is 0 Å². The molecule has 2 aromatic rings. The topological polar surface area (TPSA) is 42.2 Å². The van der Waals surface area contributed by atoms with Crippen LogP contribution < -0.4 is 9.47 Å². The highest BCUT2D eigenvalue weighted by atomic mass is 16.5. The Bertz CT molecular complexity index is 602. The molecule has 0 aliphatic carbocycles. The van der Waals surface area contributed by atoms with Crippen molar-refractivity contribution in [2.75, 3.05) is 0 Å². The second-order valence-electron chi connectivity index (χ2n) is 5.48. The summed E-state index contributed by atoms with van der Waals surface area (Å²) in [4.78, 5) is 0. The van der Waals surface area contributed by atoms with Gasteiger partial charge in [-0.2, -0.15) is 5.26 Å². The molecule has 0 saturated heterocycles. The van der Waals surface area contributed by atoms with Crippen LogP contribution in [0, 0.1) is 11.3 Å². The molecule has 1 atom stereocenters. The SMILES string of the molecule is CCCCC[C@@H](C#N)Oc1ccc(OCc2ccccc2)cc1. The Morgan fingerprint density at radius 2 is 1.65 bits per heavy atom. The Morgan fingerprint density at radius 1 is 0.957 bits per heavy atom. The van der Waals surface area contributed by atoms with Crippen LogP contribution in [0.3, 0.4) is 0 Å². The van der Waals surface area contributed by atoms with Crippen LogP contribution in [0.25, 0.3) is 0 Å². The maximum Gasteiger partial charge on any atom is 0.184 e. The normalized spacial score (nSPS) is 11.5. The highest BCUT2D eigenvalue weighted by Crippen LogP contribution is 2.20. The van der Waals surface area contributed by atoms with E-state index in [2.05, 4.69) is 13.0 Å². The number of unbranched alkanes of at least 4 members (excludes halogenated alkanes) is 2. The fourth-order valence-electron chi connectivity index (χ4n) is 2.25. The minimum Gasteiger partial charge on any atom is -0.489 e. The summed E-state index contributed by atoms with van der Waals surface area (Å²) in [5, 5.41) is 9.15. The molecule has 23 heavy (non-hydrogen) atoms. The van der Waals surface area contributed by atoms with E-state index in [1.807, 2.05) is 54.6 Å². The van der Waals surface area contributed by atoms with Gasteiger partial charge in [0.25, 0.3) is 0 Å². The van der Waals surface area contributed by atoms with Gasteiger partial charge in [0, 0.05) is 0 Å². The highest BCUT2D eigenvalue weighted by molar-refractivity contribution is 5.32. The maximum absolute atomic E-state index is 9.15. The molecule has 0 heterocycles. The molecule has 0 aliphatic rings. The van der Waals surface area contributed by atoms with E-state index in [1.54, 1.807) is 0 Å². The molecule has 120 valence electrons. The van der Waals surface area contributed by atoms with E-state index in [0.717, 1.165) is 37.0 Å². The molecule has 0 saturated carbocycles. The van der Waals surface area contributed by atoms with E-state index >= 15 is 0 Å². The Kier molecular flexibility index (Phi) is 7.00. The Morgan fingerprint density at radius 3 is 2.30 bits per heavy atom. The van der Waals surface area contributed by atoms with E-state index in [-0.39, 0.29) is 6.10 Å². The number of rotatable bonds is 9. The fourth-order valence-corrected chi connectivity index (χ4v) is 2.25. The van der Waals surface area contributed by atoms with Crippen LogP contribution in [-0.2, 0) is 6.61 Å². The number of benzene rings is 2. The van der Waals surface area contributed by atoms with E-state index in [1.165, 1.54) is 0 Å². The maximum atomic E-state index is 9.15. The zero-order valence-electron chi connectivity index (χ0n) is 13.6. The summed E-state index contributed by atoms with van der Waals surface area (Å²) < 4.78 is 11.4. The number of hydrogen-bond donors (Lipinski definition) is 0. The highest BCUT2D eigenvalue weighted by Gasteiger charge is 2.08. The molecule has 0 unspecified atom stereocenters. The lowest BCUT2D eigenvalue weighted by atomic mass is 10.1. The molecule has 2 aromatic carbocycles. The molecule has 0 amide bonds. The molecule has 3 nitrogen and oxygen atoms in total. The van der Waals surface area contributed by atoms with Gasteiger partial charge in [-0.15, -0.1) is 0 Å². The van der Waals surface area contributed by atoms with Gasteiger partial charge in [0.15, 0.2) is 6.10 Å². The molecule has 0 bridgehead atoms. The van der Waals surface area contributed by atoms with Crippen LogP contribution in [0.2, 0.25) is 0 Å². The zero-order chi connectivity index (χ0) is 16.3. The first-order chi connectivity index (χ1) is 11.3. The lowest BCUT2D eigenvalue weighted by Crippen LogP contribution is -2.13. The average Bonchev–Trinajstić information content (AvgIpc) is 2.61. The number of hydrogen-bond acceptors (Lipinski definition) is 3. The number of nitriles is 1. The molecule has 0 aliphatic heterocycles. The zero-order valence-corrected chi connectivity index (χ0v) is 13.6. The van der Waals surface area contributed by atoms with Gasteiger partial charge < -0.3 is 9.47 Å². The van der Waals surface area contributed by atoms with Crippen molar-refractivity contribution in [2.24, 2.45) is 0 Å². The van der Waals surface area contributed by atoms with Gasteiger partial charge in [-0.1, -0.05) is 50.1 Å². The number of ether oxygens (including phenoxy) is 2. The first kappa shape index (κ1) is 16.9. The van der Waals surface area contributed by atoms with Crippen molar-refractivity contribution in [3.05, 3.63) is 60.2 Å². The molecule has 0 spiro atoms. The van der Waals surface area contributed by atoms with Crippen LogP contribution in [-0.4, -0.2) is 6.10 Å². The summed E-state index contributed by atoms with van der Waals surface area (Å²) in [5.74, 6) is 1.50. The van der Waals surface area contributed by atoms with Gasteiger partial charge in [-0.25, -0.2) is 0 Å². The van der Waals surface area contributed by atoms with Crippen molar-refractivity contribution in [3.63, 3.8) is 0 Å². The quantitative estimate of drug-likeness (QED) is 0.604. The number of nitrogens with zero attached hydrogens (tertiary/aromatic N) is 1. The van der Waals surface area contributed by atoms with Gasteiger partial charge in [-0.3, -0.25) is 0 Å². The smallest absolute Gasteiger partial charge is 0.184 e. The average molecular weight is 309 g/mol. The third-order valence-corrected chi connectivity index (χ3v) is 3.56. The first-order valence-corrected chi connectivity index (χ1v) is 8.15. The van der Waals surface area contributed by atoms with E-state index < -0.39 is 0 Å². The van der Waals surface area contributed by atoms with Crippen LogP contribution in [0.4, 0.5) is 0 Å². The summed E-state index contributed by atoms with van der Waals surface area (Å²) in [6.45, 7) is 2.69. The van der Waals surface area contributed by atoms with Gasteiger partial charge in [0.2, 0.25) is 0 Å². The van der Waals surface area contributed by atoms with Crippen molar-refractivity contribution in [1.29, 1.82) is 5.26 Å². The van der Waals surface area contributed by atoms with Gasteiger partial charge in [0.1, 0.15) is 24.2 Å². The standard InChI is InChI=1S/C20H23NO2/c1-2-3-5-10-20(15-21)23-19-13-11-18(12-14-19)22-16-17-8-6-4-7-9-17/h4,6-9,11-14,20H,2-3,5,10,16H2,1H3/t20-/m0/s1. The second-order valence-corrected chi connectivity index (χ2v) is 5.48. The minimum atomic E-state index is -0.377. The van der Waals surface area contributed by atoms with Gasteiger partial charge in [0.05, 0.1) is 0 Å². The Hall–Kier alpha value is -2.47. The van der Waals surface area contributed by atoms with E-state index in [9.17, 15) is 0 Å². The van der Waals surface area contributed by atoms with Crippen molar-refractivity contribution in [3.8, 4) is 17.6 Å².